The number of amides is 2. The molecule has 2 aliphatic rings. The zero-order valence-corrected chi connectivity index (χ0v) is 21.4. The minimum absolute atomic E-state index is 0.135. The highest BCUT2D eigenvalue weighted by molar-refractivity contribution is 6.05. The quantitative estimate of drug-likeness (QED) is 0.345. The highest BCUT2D eigenvalue weighted by Crippen LogP contribution is 2.47. The fourth-order valence-corrected chi connectivity index (χ4v) is 6.10. The molecule has 6 nitrogen and oxygen atoms in total. The second-order valence-electron chi connectivity index (χ2n) is 10.1. The average Bonchev–Trinajstić information content (AvgIpc) is 3.12. The van der Waals surface area contributed by atoms with Crippen molar-refractivity contribution in [3.05, 3.63) is 58.7 Å². The van der Waals surface area contributed by atoms with Crippen molar-refractivity contribution in [2.45, 2.75) is 59.0 Å². The average molecular weight is 492 g/mol. The maximum Gasteiger partial charge on any atom is 0.233 e. The van der Waals surface area contributed by atoms with Crippen molar-refractivity contribution in [3.8, 4) is 5.75 Å². The highest BCUT2D eigenvalue weighted by atomic mass is 16.3. The van der Waals surface area contributed by atoms with Crippen LogP contribution in [-0.2, 0) is 9.59 Å². The first-order valence-electron chi connectivity index (χ1n) is 13.1. The first kappa shape index (κ1) is 26.1. The third-order valence-corrected chi connectivity index (χ3v) is 7.85. The van der Waals surface area contributed by atoms with Crippen molar-refractivity contribution < 1.29 is 24.9 Å². The van der Waals surface area contributed by atoms with Gasteiger partial charge in [0.2, 0.25) is 11.8 Å². The summed E-state index contributed by atoms with van der Waals surface area (Å²) in [6.07, 6.45) is 4.24. The van der Waals surface area contributed by atoms with Crippen LogP contribution in [0.5, 0.6) is 5.75 Å². The zero-order chi connectivity index (χ0) is 26.0. The van der Waals surface area contributed by atoms with Gasteiger partial charge in [-0.3, -0.25) is 14.5 Å². The second-order valence-corrected chi connectivity index (χ2v) is 10.1. The predicted octanol–water partition coefficient (Wildman–Crippen LogP) is 4.82. The molecular weight excluding hydrogens is 454 g/mol. The van der Waals surface area contributed by atoms with E-state index in [1.807, 2.05) is 51.1 Å². The van der Waals surface area contributed by atoms with E-state index in [2.05, 4.69) is 6.08 Å². The summed E-state index contributed by atoms with van der Waals surface area (Å²) >= 11 is 0. The summed E-state index contributed by atoms with van der Waals surface area (Å²) in [4.78, 5) is 27.5. The summed E-state index contributed by atoms with van der Waals surface area (Å²) in [5, 5.41) is 33.6. The van der Waals surface area contributed by atoms with E-state index < -0.39 is 23.9 Å². The Bertz CT molecular complexity index is 1210. The number of rotatable bonds is 9. The first-order valence-corrected chi connectivity index (χ1v) is 13.1. The molecule has 1 aliphatic carbocycles. The Morgan fingerprint density at radius 1 is 1.11 bits per heavy atom. The summed E-state index contributed by atoms with van der Waals surface area (Å²) in [6, 6.07) is 11.3. The summed E-state index contributed by atoms with van der Waals surface area (Å²) in [7, 11) is 0. The number of hydrogen-bond donors (Lipinski definition) is 3. The molecule has 2 aromatic rings. The Labute approximate surface area is 212 Å². The van der Waals surface area contributed by atoms with Gasteiger partial charge in [-0.15, -0.1) is 0 Å². The molecule has 192 valence electrons. The molecule has 0 saturated carbocycles. The number of fused-ring (bicyclic) bond motifs is 2. The monoisotopic (exact) mass is 491 g/mol. The lowest BCUT2D eigenvalue weighted by molar-refractivity contribution is -0.140. The summed E-state index contributed by atoms with van der Waals surface area (Å²) in [6.45, 7) is 6.10. The van der Waals surface area contributed by atoms with E-state index in [9.17, 15) is 24.9 Å². The molecule has 6 heteroatoms. The summed E-state index contributed by atoms with van der Waals surface area (Å²) in [5.41, 5.74) is 3.83. The van der Waals surface area contributed by atoms with E-state index in [1.54, 1.807) is 6.07 Å². The van der Waals surface area contributed by atoms with Crippen molar-refractivity contribution in [1.29, 1.82) is 0 Å². The van der Waals surface area contributed by atoms with Crippen LogP contribution in [0.15, 0.2) is 53.1 Å². The van der Waals surface area contributed by atoms with Crippen LogP contribution in [0.25, 0.3) is 16.8 Å². The Morgan fingerprint density at radius 3 is 2.50 bits per heavy atom. The number of phenols is 1. The largest absolute Gasteiger partial charge is 0.507 e. The molecule has 0 aromatic heterocycles. The van der Waals surface area contributed by atoms with Crippen LogP contribution in [-0.4, -0.2) is 51.3 Å². The molecule has 3 N–H and O–H groups in total. The smallest absolute Gasteiger partial charge is 0.233 e. The van der Waals surface area contributed by atoms with Gasteiger partial charge in [0.25, 0.3) is 0 Å². The number of imide groups is 1. The topological polar surface area (TPSA) is 98.1 Å². The number of aromatic hydroxyl groups is 1. The van der Waals surface area contributed by atoms with E-state index in [0.717, 1.165) is 33.1 Å². The van der Waals surface area contributed by atoms with Gasteiger partial charge in [0.05, 0.1) is 24.5 Å². The molecular formula is C30H37NO5. The van der Waals surface area contributed by atoms with E-state index >= 15 is 0 Å². The SMILES string of the molecule is CCCN1C(=O)[C@@H]2[C@@H](CC(CC)=C([C@H](O)CC/C(C)=C/c3ccc(O)c4ccccc34)[C@@H]2CO)C1=O. The molecule has 2 amide bonds. The number of likely N-dealkylation sites (tertiary alicyclic amines) is 1. The van der Waals surface area contributed by atoms with Crippen molar-refractivity contribution in [3.63, 3.8) is 0 Å². The first-order chi connectivity index (χ1) is 17.3. The van der Waals surface area contributed by atoms with Crippen molar-refractivity contribution in [1.82, 2.24) is 4.90 Å². The van der Waals surface area contributed by atoms with Crippen LogP contribution in [0, 0.1) is 17.8 Å². The van der Waals surface area contributed by atoms with E-state index in [-0.39, 0.29) is 24.2 Å². The van der Waals surface area contributed by atoms with Crippen molar-refractivity contribution >= 4 is 28.7 Å². The number of hydrogen-bond acceptors (Lipinski definition) is 5. The van der Waals surface area contributed by atoms with E-state index in [4.69, 9.17) is 0 Å². The lowest BCUT2D eigenvalue weighted by atomic mass is 9.67. The number of nitrogens with zero attached hydrogens (tertiary/aromatic N) is 1. The maximum absolute atomic E-state index is 13.1. The standard InChI is InChI=1S/C30H37NO5/c1-4-14-31-29(35)23-16-19(5-2)27(24(17-32)28(23)30(31)36)26(34)12-10-18(3)15-20-11-13-25(33)22-9-7-6-8-21(20)22/h6-9,11,13,15,23-24,26,28,32-34H,4-5,10,12,14,16-17H2,1-3H3/b18-15+/t23-,24+,26-,28-/m1/s1. The molecule has 1 saturated heterocycles. The van der Waals surface area contributed by atoms with Gasteiger partial charge in [-0.1, -0.05) is 61.4 Å². The van der Waals surface area contributed by atoms with Crippen LogP contribution < -0.4 is 0 Å². The lowest BCUT2D eigenvalue weighted by Crippen LogP contribution is -2.39. The third kappa shape index (κ3) is 4.72. The lowest BCUT2D eigenvalue weighted by Gasteiger charge is -2.36. The number of allylic oxidation sites excluding steroid dienone is 2. The van der Waals surface area contributed by atoms with E-state index in [1.165, 1.54) is 4.90 Å². The number of carbonyl (C=O) groups is 2. The molecule has 0 bridgehead atoms. The Morgan fingerprint density at radius 2 is 1.83 bits per heavy atom. The minimum atomic E-state index is -0.791. The molecule has 0 radical (unpaired) electrons. The predicted molar refractivity (Wildman–Crippen MR) is 141 cm³/mol. The van der Waals surface area contributed by atoms with Crippen LogP contribution in [0.4, 0.5) is 0 Å². The van der Waals surface area contributed by atoms with Crippen LogP contribution in [0.1, 0.15) is 58.4 Å². The summed E-state index contributed by atoms with van der Waals surface area (Å²) < 4.78 is 0. The van der Waals surface area contributed by atoms with Crippen molar-refractivity contribution in [2.24, 2.45) is 17.8 Å². The van der Waals surface area contributed by atoms with Gasteiger partial charge >= 0.3 is 0 Å². The van der Waals surface area contributed by atoms with Gasteiger partial charge in [0.1, 0.15) is 5.75 Å². The zero-order valence-electron chi connectivity index (χ0n) is 21.4. The Hall–Kier alpha value is -2.96. The minimum Gasteiger partial charge on any atom is -0.507 e. The molecule has 1 heterocycles. The molecule has 0 spiro atoms. The number of phenolic OH excluding ortho intramolecular Hbond substituents is 1. The summed E-state index contributed by atoms with van der Waals surface area (Å²) in [5.74, 6) is -1.65. The fraction of sp³-hybridized carbons (Fsp3) is 0.467. The second kappa shape index (κ2) is 11.0. The molecule has 4 rings (SSSR count). The van der Waals surface area contributed by atoms with E-state index in [0.29, 0.717) is 38.6 Å². The van der Waals surface area contributed by atoms with Crippen LogP contribution in [0.2, 0.25) is 0 Å². The van der Waals surface area contributed by atoms with Crippen LogP contribution >= 0.6 is 0 Å². The molecule has 0 unspecified atom stereocenters. The molecule has 36 heavy (non-hydrogen) atoms. The third-order valence-electron chi connectivity index (χ3n) is 7.85. The number of aliphatic hydroxyl groups excluding tert-OH is 2. The van der Waals surface area contributed by atoms with Gasteiger partial charge in [0, 0.05) is 17.8 Å². The Kier molecular flexibility index (Phi) is 7.96. The fourth-order valence-electron chi connectivity index (χ4n) is 6.10. The van der Waals surface area contributed by atoms with Gasteiger partial charge in [-0.05, 0) is 61.6 Å². The highest BCUT2D eigenvalue weighted by Gasteiger charge is 2.54. The molecule has 1 fully saturated rings. The normalized spacial score (nSPS) is 23.5. The van der Waals surface area contributed by atoms with Gasteiger partial charge in [-0.25, -0.2) is 0 Å². The maximum atomic E-state index is 13.1. The molecule has 2 aromatic carbocycles. The number of carbonyl (C=O) groups excluding carboxylic acids is 2. The van der Waals surface area contributed by atoms with Gasteiger partial charge in [-0.2, -0.15) is 0 Å². The molecule has 4 atom stereocenters. The van der Waals surface area contributed by atoms with Crippen molar-refractivity contribution in [2.75, 3.05) is 13.2 Å². The number of benzene rings is 2. The Balaban J connectivity index is 1.55. The van der Waals surface area contributed by atoms with Gasteiger partial charge < -0.3 is 15.3 Å². The molecule has 1 aliphatic heterocycles. The van der Waals surface area contributed by atoms with Crippen LogP contribution in [0.3, 0.4) is 0 Å². The number of aliphatic hydroxyl groups is 2. The van der Waals surface area contributed by atoms with Gasteiger partial charge in [0.15, 0.2) is 0 Å².